The SMILES string of the molecule is N#Cc1ccccc1CS(=O)(=O)NC1CCCS(=O)(=O)C1. The monoisotopic (exact) mass is 328 g/mol. The van der Waals surface area contributed by atoms with Gasteiger partial charge in [0.25, 0.3) is 0 Å². The maximum absolute atomic E-state index is 12.1. The highest BCUT2D eigenvalue weighted by atomic mass is 32.2. The molecule has 1 aromatic carbocycles. The standard InChI is InChI=1S/C13H16N2O4S2/c14-8-11-4-1-2-5-12(11)9-21(18,19)15-13-6-3-7-20(16,17)10-13/h1-2,4-5,13,15H,3,6-7,9-10H2. The van der Waals surface area contributed by atoms with Crippen molar-refractivity contribution in [1.82, 2.24) is 4.72 Å². The average Bonchev–Trinajstić information content (AvgIpc) is 2.37. The van der Waals surface area contributed by atoms with E-state index in [-0.39, 0.29) is 17.3 Å². The molecular weight excluding hydrogens is 312 g/mol. The Morgan fingerprint density at radius 1 is 1.33 bits per heavy atom. The molecule has 0 aliphatic carbocycles. The van der Waals surface area contributed by atoms with Crippen LogP contribution in [0.25, 0.3) is 0 Å². The molecule has 1 aliphatic rings. The molecule has 1 saturated heterocycles. The largest absolute Gasteiger partial charge is 0.229 e. The molecular formula is C13H16N2O4S2. The van der Waals surface area contributed by atoms with Crippen molar-refractivity contribution in [2.75, 3.05) is 11.5 Å². The van der Waals surface area contributed by atoms with Gasteiger partial charge in [-0.2, -0.15) is 5.26 Å². The van der Waals surface area contributed by atoms with Crippen LogP contribution < -0.4 is 4.72 Å². The van der Waals surface area contributed by atoms with Crippen LogP contribution in [0, 0.1) is 11.3 Å². The van der Waals surface area contributed by atoms with Gasteiger partial charge in [0.2, 0.25) is 10.0 Å². The number of rotatable bonds is 4. The van der Waals surface area contributed by atoms with Gasteiger partial charge in [-0.25, -0.2) is 21.6 Å². The zero-order valence-electron chi connectivity index (χ0n) is 11.3. The summed E-state index contributed by atoms with van der Waals surface area (Å²) in [5.41, 5.74) is 0.713. The summed E-state index contributed by atoms with van der Waals surface area (Å²) in [5, 5.41) is 8.96. The summed E-state index contributed by atoms with van der Waals surface area (Å²) in [6, 6.07) is 7.82. The van der Waals surface area contributed by atoms with Crippen LogP contribution >= 0.6 is 0 Å². The third-order valence-corrected chi connectivity index (χ3v) is 6.50. The van der Waals surface area contributed by atoms with Crippen LogP contribution in [-0.4, -0.2) is 34.4 Å². The Balaban J connectivity index is 2.11. The third-order valence-electron chi connectivity index (χ3n) is 3.29. The lowest BCUT2D eigenvalue weighted by molar-refractivity contribution is 0.517. The van der Waals surface area contributed by atoms with E-state index in [0.717, 1.165) is 0 Å². The summed E-state index contributed by atoms with van der Waals surface area (Å²) in [5.74, 6) is -0.373. The van der Waals surface area contributed by atoms with Crippen molar-refractivity contribution in [3.05, 3.63) is 35.4 Å². The van der Waals surface area contributed by atoms with Gasteiger partial charge in [-0.05, 0) is 24.5 Å². The fraction of sp³-hybridized carbons (Fsp3) is 0.462. The van der Waals surface area contributed by atoms with E-state index in [2.05, 4.69) is 4.72 Å². The lowest BCUT2D eigenvalue weighted by Crippen LogP contribution is -2.43. The minimum absolute atomic E-state index is 0.114. The number of nitrogens with one attached hydrogen (secondary N) is 1. The molecule has 6 nitrogen and oxygen atoms in total. The van der Waals surface area contributed by atoms with Crippen molar-refractivity contribution in [2.45, 2.75) is 24.6 Å². The molecule has 0 amide bonds. The second kappa shape index (κ2) is 6.13. The van der Waals surface area contributed by atoms with E-state index in [1.807, 2.05) is 6.07 Å². The van der Waals surface area contributed by atoms with E-state index in [9.17, 15) is 16.8 Å². The van der Waals surface area contributed by atoms with E-state index in [0.29, 0.717) is 24.0 Å². The molecule has 0 aromatic heterocycles. The van der Waals surface area contributed by atoms with Gasteiger partial charge in [-0.3, -0.25) is 0 Å². The first-order valence-corrected chi connectivity index (χ1v) is 9.97. The number of nitriles is 1. The highest BCUT2D eigenvalue weighted by molar-refractivity contribution is 7.91. The van der Waals surface area contributed by atoms with E-state index in [1.54, 1.807) is 24.3 Å². The molecule has 1 N–H and O–H groups in total. The van der Waals surface area contributed by atoms with Crippen LogP contribution in [0.2, 0.25) is 0 Å². The van der Waals surface area contributed by atoms with E-state index >= 15 is 0 Å². The second-order valence-corrected chi connectivity index (χ2v) is 9.08. The number of benzene rings is 1. The normalized spacial score (nSPS) is 21.6. The Morgan fingerprint density at radius 2 is 2.05 bits per heavy atom. The van der Waals surface area contributed by atoms with E-state index in [4.69, 9.17) is 5.26 Å². The average molecular weight is 328 g/mol. The summed E-state index contributed by atoms with van der Waals surface area (Å²) in [6.07, 6.45) is 0.975. The number of nitrogens with zero attached hydrogens (tertiary/aromatic N) is 1. The summed E-state index contributed by atoms with van der Waals surface area (Å²) in [6.45, 7) is 0. The first kappa shape index (κ1) is 15.9. The van der Waals surface area contributed by atoms with Gasteiger partial charge in [0.1, 0.15) is 0 Å². The quantitative estimate of drug-likeness (QED) is 0.869. The van der Waals surface area contributed by atoms with Crippen LogP contribution in [0.5, 0.6) is 0 Å². The van der Waals surface area contributed by atoms with Gasteiger partial charge in [0.05, 0.1) is 28.9 Å². The Labute approximate surface area is 124 Å². The maximum Gasteiger partial charge on any atom is 0.216 e. The van der Waals surface area contributed by atoms with Gasteiger partial charge in [-0.15, -0.1) is 0 Å². The van der Waals surface area contributed by atoms with Crippen molar-refractivity contribution in [3.63, 3.8) is 0 Å². The maximum atomic E-state index is 12.1. The van der Waals surface area contributed by atoms with Gasteiger partial charge in [-0.1, -0.05) is 18.2 Å². The lowest BCUT2D eigenvalue weighted by atomic mass is 10.1. The first-order chi connectivity index (χ1) is 9.81. The number of sulfonamides is 1. The van der Waals surface area contributed by atoms with Gasteiger partial charge < -0.3 is 0 Å². The minimum atomic E-state index is -3.68. The van der Waals surface area contributed by atoms with Crippen LogP contribution in [0.15, 0.2) is 24.3 Å². The van der Waals surface area contributed by atoms with Gasteiger partial charge >= 0.3 is 0 Å². The predicted molar refractivity (Wildman–Crippen MR) is 78.6 cm³/mol. The highest BCUT2D eigenvalue weighted by Crippen LogP contribution is 2.15. The molecule has 1 fully saturated rings. The van der Waals surface area contributed by atoms with Crippen LogP contribution in [0.4, 0.5) is 0 Å². The molecule has 1 atom stereocenters. The Hall–Kier alpha value is -1.43. The van der Waals surface area contributed by atoms with E-state index in [1.165, 1.54) is 0 Å². The zero-order valence-corrected chi connectivity index (χ0v) is 13.0. The molecule has 1 unspecified atom stereocenters. The molecule has 0 spiro atoms. The van der Waals surface area contributed by atoms with Crippen LogP contribution in [-0.2, 0) is 25.6 Å². The van der Waals surface area contributed by atoms with Crippen molar-refractivity contribution >= 4 is 19.9 Å². The summed E-state index contributed by atoms with van der Waals surface area (Å²) in [4.78, 5) is 0. The Kier molecular flexibility index (Phi) is 4.66. The Morgan fingerprint density at radius 3 is 2.71 bits per heavy atom. The predicted octanol–water partition coefficient (Wildman–Crippen LogP) is 0.555. The molecule has 1 heterocycles. The molecule has 0 bridgehead atoms. The molecule has 1 aliphatic heterocycles. The topological polar surface area (TPSA) is 104 Å². The molecule has 21 heavy (non-hydrogen) atoms. The highest BCUT2D eigenvalue weighted by Gasteiger charge is 2.28. The summed E-state index contributed by atoms with van der Waals surface area (Å²) in [7, 11) is -6.85. The number of sulfone groups is 1. The van der Waals surface area contributed by atoms with Crippen LogP contribution in [0.3, 0.4) is 0 Å². The first-order valence-electron chi connectivity index (χ1n) is 6.50. The number of hydrogen-bond donors (Lipinski definition) is 1. The third kappa shape index (κ3) is 4.52. The zero-order chi connectivity index (χ0) is 15.5. The lowest BCUT2D eigenvalue weighted by Gasteiger charge is -2.22. The minimum Gasteiger partial charge on any atom is -0.229 e. The molecule has 0 saturated carbocycles. The van der Waals surface area contributed by atoms with Crippen molar-refractivity contribution in [3.8, 4) is 6.07 Å². The smallest absolute Gasteiger partial charge is 0.216 e. The Bertz CT molecular complexity index is 764. The fourth-order valence-electron chi connectivity index (χ4n) is 2.37. The second-order valence-electron chi connectivity index (χ2n) is 5.10. The summed E-state index contributed by atoms with van der Waals surface area (Å²) < 4.78 is 49.8. The summed E-state index contributed by atoms with van der Waals surface area (Å²) >= 11 is 0. The van der Waals surface area contributed by atoms with Gasteiger partial charge in [0, 0.05) is 6.04 Å². The fourth-order valence-corrected chi connectivity index (χ4v) is 5.57. The van der Waals surface area contributed by atoms with Crippen molar-refractivity contribution in [2.24, 2.45) is 0 Å². The van der Waals surface area contributed by atoms with Crippen molar-refractivity contribution < 1.29 is 16.8 Å². The van der Waals surface area contributed by atoms with E-state index < -0.39 is 25.9 Å². The number of hydrogen-bond acceptors (Lipinski definition) is 5. The molecule has 1 aromatic rings. The van der Waals surface area contributed by atoms with Gasteiger partial charge in [0.15, 0.2) is 9.84 Å². The molecule has 2 rings (SSSR count). The van der Waals surface area contributed by atoms with Crippen LogP contribution in [0.1, 0.15) is 24.0 Å². The van der Waals surface area contributed by atoms with Crippen molar-refractivity contribution in [1.29, 1.82) is 5.26 Å². The molecule has 114 valence electrons. The molecule has 8 heteroatoms. The molecule has 0 radical (unpaired) electrons.